The van der Waals surface area contributed by atoms with Gasteiger partial charge in [-0.25, -0.2) is 4.63 Å². The lowest BCUT2D eigenvalue weighted by Crippen LogP contribution is -2.21. The molecule has 26 heavy (non-hydrogen) atoms. The number of halogens is 1. The van der Waals surface area contributed by atoms with Crippen LogP contribution < -0.4 is 14.8 Å². The van der Waals surface area contributed by atoms with Crippen molar-refractivity contribution in [1.29, 1.82) is 0 Å². The topological polar surface area (TPSA) is 86.5 Å². The van der Waals surface area contributed by atoms with Crippen LogP contribution >= 0.6 is 11.6 Å². The Labute approximate surface area is 154 Å². The van der Waals surface area contributed by atoms with E-state index in [1.165, 1.54) is 0 Å². The highest BCUT2D eigenvalue weighted by atomic mass is 35.5. The Morgan fingerprint density at radius 3 is 2.65 bits per heavy atom. The summed E-state index contributed by atoms with van der Waals surface area (Å²) in [5.74, 6) is 1.13. The minimum Gasteiger partial charge on any atom is -0.497 e. The quantitative estimate of drug-likeness (QED) is 0.708. The lowest BCUT2D eigenvalue weighted by atomic mass is 10.1. The molecule has 1 N–H and O–H groups in total. The summed E-state index contributed by atoms with van der Waals surface area (Å²) in [5.41, 5.74) is 1.99. The zero-order chi connectivity index (χ0) is 18.5. The van der Waals surface area contributed by atoms with Gasteiger partial charge in [0.1, 0.15) is 11.5 Å². The highest BCUT2D eigenvalue weighted by molar-refractivity contribution is 6.30. The van der Waals surface area contributed by atoms with Crippen molar-refractivity contribution in [2.24, 2.45) is 0 Å². The van der Waals surface area contributed by atoms with E-state index in [-0.39, 0.29) is 18.3 Å². The number of carbonyl (C=O) groups excluding carboxylic acids is 1. The van der Waals surface area contributed by atoms with Gasteiger partial charge in [0.15, 0.2) is 12.3 Å². The van der Waals surface area contributed by atoms with Crippen LogP contribution in [0.4, 0.5) is 5.82 Å². The number of amides is 1. The first-order valence-corrected chi connectivity index (χ1v) is 8.10. The van der Waals surface area contributed by atoms with Gasteiger partial charge in [0.2, 0.25) is 5.82 Å². The average Bonchev–Trinajstić information content (AvgIpc) is 3.09. The van der Waals surface area contributed by atoms with Crippen LogP contribution in [0.1, 0.15) is 5.56 Å². The third-order valence-corrected chi connectivity index (χ3v) is 3.84. The van der Waals surface area contributed by atoms with Crippen LogP contribution in [0.3, 0.4) is 0 Å². The number of aromatic nitrogens is 2. The van der Waals surface area contributed by atoms with Gasteiger partial charge in [-0.05, 0) is 65.3 Å². The summed E-state index contributed by atoms with van der Waals surface area (Å²) < 4.78 is 15.4. The molecule has 7 nitrogen and oxygen atoms in total. The standard InChI is InChI=1S/C18H16ClN3O4/c1-11-9-13(19)5-8-15(11)25-10-16(23)20-18-17(21-26-22-18)12-3-6-14(24-2)7-4-12/h3-9H,10H2,1-2H3,(H,20,22,23). The monoisotopic (exact) mass is 373 g/mol. The van der Waals surface area contributed by atoms with Crippen LogP contribution in [0, 0.1) is 6.92 Å². The Morgan fingerprint density at radius 2 is 1.96 bits per heavy atom. The van der Waals surface area contributed by atoms with Crippen LogP contribution in [0.5, 0.6) is 11.5 Å². The largest absolute Gasteiger partial charge is 0.497 e. The van der Waals surface area contributed by atoms with Crippen LogP contribution in [0.25, 0.3) is 11.3 Å². The first-order chi connectivity index (χ1) is 12.6. The highest BCUT2D eigenvalue weighted by Gasteiger charge is 2.16. The molecule has 1 heterocycles. The molecule has 0 bridgehead atoms. The van der Waals surface area contributed by atoms with E-state index >= 15 is 0 Å². The van der Waals surface area contributed by atoms with Gasteiger partial charge in [-0.3, -0.25) is 4.79 Å². The van der Waals surface area contributed by atoms with Crippen LogP contribution in [0.2, 0.25) is 5.02 Å². The fraction of sp³-hybridized carbons (Fsp3) is 0.167. The molecule has 8 heteroatoms. The third-order valence-electron chi connectivity index (χ3n) is 3.61. The Morgan fingerprint density at radius 1 is 1.19 bits per heavy atom. The molecule has 0 spiro atoms. The first-order valence-electron chi connectivity index (χ1n) is 7.72. The predicted molar refractivity (Wildman–Crippen MR) is 96.6 cm³/mol. The molecule has 1 amide bonds. The van der Waals surface area contributed by atoms with E-state index in [0.29, 0.717) is 22.2 Å². The number of nitrogens with one attached hydrogen (secondary N) is 1. The minimum absolute atomic E-state index is 0.183. The van der Waals surface area contributed by atoms with Crippen molar-refractivity contribution < 1.29 is 18.9 Å². The van der Waals surface area contributed by atoms with Crippen molar-refractivity contribution in [3.05, 3.63) is 53.1 Å². The minimum atomic E-state index is -0.384. The maximum absolute atomic E-state index is 12.2. The van der Waals surface area contributed by atoms with E-state index in [0.717, 1.165) is 11.1 Å². The van der Waals surface area contributed by atoms with E-state index in [4.69, 9.17) is 25.7 Å². The van der Waals surface area contributed by atoms with E-state index < -0.39 is 0 Å². The van der Waals surface area contributed by atoms with Gasteiger partial charge in [0.05, 0.1) is 7.11 Å². The Bertz CT molecular complexity index is 909. The zero-order valence-electron chi connectivity index (χ0n) is 14.2. The van der Waals surface area contributed by atoms with E-state index in [9.17, 15) is 4.79 Å². The predicted octanol–water partition coefficient (Wildman–Crippen LogP) is 3.72. The number of methoxy groups -OCH3 is 1. The lowest BCUT2D eigenvalue weighted by molar-refractivity contribution is -0.118. The molecule has 1 aromatic heterocycles. The summed E-state index contributed by atoms with van der Waals surface area (Å²) in [4.78, 5) is 12.2. The van der Waals surface area contributed by atoms with Gasteiger partial charge in [0.25, 0.3) is 5.91 Å². The second-order valence-corrected chi connectivity index (χ2v) is 5.87. The van der Waals surface area contributed by atoms with E-state index in [1.54, 1.807) is 49.6 Å². The van der Waals surface area contributed by atoms with Crippen molar-refractivity contribution >= 4 is 23.3 Å². The summed E-state index contributed by atoms with van der Waals surface area (Å²) in [6.45, 7) is 1.67. The van der Waals surface area contributed by atoms with Gasteiger partial charge in [-0.1, -0.05) is 11.6 Å². The molecular formula is C18H16ClN3O4. The number of hydrogen-bond acceptors (Lipinski definition) is 6. The van der Waals surface area contributed by atoms with Crippen molar-refractivity contribution in [1.82, 2.24) is 10.3 Å². The van der Waals surface area contributed by atoms with Crippen molar-refractivity contribution in [3.63, 3.8) is 0 Å². The second kappa shape index (κ2) is 7.88. The van der Waals surface area contributed by atoms with Crippen LogP contribution in [-0.2, 0) is 4.79 Å². The molecule has 0 aliphatic heterocycles. The molecule has 0 saturated carbocycles. The number of aryl methyl sites for hydroxylation is 1. The van der Waals surface area contributed by atoms with Crippen LogP contribution in [0.15, 0.2) is 47.1 Å². The van der Waals surface area contributed by atoms with E-state index in [2.05, 4.69) is 15.6 Å². The van der Waals surface area contributed by atoms with Crippen molar-refractivity contribution in [2.45, 2.75) is 6.92 Å². The number of anilines is 1. The summed E-state index contributed by atoms with van der Waals surface area (Å²) in [6.07, 6.45) is 0. The first kappa shape index (κ1) is 17.8. The van der Waals surface area contributed by atoms with Crippen molar-refractivity contribution in [3.8, 4) is 22.8 Å². The summed E-state index contributed by atoms with van der Waals surface area (Å²) in [5, 5.41) is 10.8. The Balaban J connectivity index is 1.65. The molecule has 3 aromatic rings. The van der Waals surface area contributed by atoms with Gasteiger partial charge in [-0.2, -0.15) is 0 Å². The lowest BCUT2D eigenvalue weighted by Gasteiger charge is -2.09. The van der Waals surface area contributed by atoms with Crippen LogP contribution in [-0.4, -0.2) is 29.9 Å². The molecule has 0 radical (unpaired) electrons. The maximum Gasteiger partial charge on any atom is 0.263 e. The zero-order valence-corrected chi connectivity index (χ0v) is 14.9. The maximum atomic E-state index is 12.2. The normalized spacial score (nSPS) is 10.4. The molecule has 0 aliphatic rings. The average molecular weight is 374 g/mol. The molecule has 0 saturated heterocycles. The highest BCUT2D eigenvalue weighted by Crippen LogP contribution is 2.26. The number of benzene rings is 2. The van der Waals surface area contributed by atoms with Gasteiger partial charge in [0, 0.05) is 10.6 Å². The summed E-state index contributed by atoms with van der Waals surface area (Å²) in [6, 6.07) is 12.3. The Hall–Kier alpha value is -3.06. The summed E-state index contributed by atoms with van der Waals surface area (Å²) >= 11 is 5.90. The number of nitrogens with zero attached hydrogens (tertiary/aromatic N) is 2. The fourth-order valence-corrected chi connectivity index (χ4v) is 2.52. The Kier molecular flexibility index (Phi) is 5.38. The number of carbonyl (C=O) groups is 1. The van der Waals surface area contributed by atoms with Gasteiger partial charge in [-0.15, -0.1) is 0 Å². The molecule has 2 aromatic carbocycles. The molecule has 0 aliphatic carbocycles. The third kappa shape index (κ3) is 4.12. The molecule has 0 atom stereocenters. The molecule has 134 valence electrons. The fourth-order valence-electron chi connectivity index (χ4n) is 2.30. The second-order valence-electron chi connectivity index (χ2n) is 5.44. The molecule has 0 unspecified atom stereocenters. The molecular weight excluding hydrogens is 358 g/mol. The van der Waals surface area contributed by atoms with Crippen molar-refractivity contribution in [2.75, 3.05) is 19.0 Å². The number of hydrogen-bond donors (Lipinski definition) is 1. The smallest absolute Gasteiger partial charge is 0.263 e. The molecule has 0 fully saturated rings. The summed E-state index contributed by atoms with van der Waals surface area (Å²) in [7, 11) is 1.58. The van der Waals surface area contributed by atoms with Gasteiger partial charge >= 0.3 is 0 Å². The SMILES string of the molecule is COc1ccc(-c2nonc2NC(=O)COc2ccc(Cl)cc2C)cc1. The number of ether oxygens (including phenoxy) is 2. The van der Waals surface area contributed by atoms with E-state index in [1.807, 2.05) is 6.92 Å². The van der Waals surface area contributed by atoms with Gasteiger partial charge < -0.3 is 14.8 Å². The molecule has 3 rings (SSSR count). The number of rotatable bonds is 6.